The average Bonchev–Trinajstić information content (AvgIpc) is 3.39. The maximum Gasteiger partial charge on any atom is 0.246 e. The number of nitrogens with zero attached hydrogens (tertiary/aromatic N) is 4. The molecule has 2 aromatic heterocycles. The van der Waals surface area contributed by atoms with E-state index in [0.717, 1.165) is 23.4 Å². The molecule has 0 fully saturated rings. The first-order valence-corrected chi connectivity index (χ1v) is 9.06. The lowest BCUT2D eigenvalue weighted by molar-refractivity contribution is 0.384. The first kappa shape index (κ1) is 17.3. The van der Waals surface area contributed by atoms with Gasteiger partial charge in [0.25, 0.3) is 0 Å². The number of nitrogens with one attached hydrogen (secondary N) is 1. The van der Waals surface area contributed by atoms with Crippen LogP contribution in [0.1, 0.15) is 18.4 Å². The van der Waals surface area contributed by atoms with Gasteiger partial charge < -0.3 is 9.84 Å². The van der Waals surface area contributed by atoms with Gasteiger partial charge in [-0.1, -0.05) is 47.9 Å². The Morgan fingerprint density at radius 1 is 1.15 bits per heavy atom. The Hall–Kier alpha value is -3.12. The Morgan fingerprint density at radius 3 is 2.70 bits per heavy atom. The quantitative estimate of drug-likeness (QED) is 0.523. The molecule has 1 N–H and O–H groups in total. The molecule has 0 saturated heterocycles. The van der Waals surface area contributed by atoms with E-state index in [9.17, 15) is 0 Å². The van der Waals surface area contributed by atoms with Crippen molar-refractivity contribution in [1.82, 2.24) is 19.9 Å². The fraction of sp³-hybridized carbons (Fsp3) is 0.150. The van der Waals surface area contributed by atoms with Gasteiger partial charge in [-0.2, -0.15) is 10.1 Å². The van der Waals surface area contributed by atoms with Gasteiger partial charge >= 0.3 is 0 Å². The standard InChI is InChI=1S/C20H18ClN5O/c1-2-14-4-6-15(7-5-14)20-24-19(27-25-20)13-22-16-8-9-18(17(21)12-16)26-11-3-10-23-26/h3-12,22H,2,13H2,1H3. The minimum absolute atomic E-state index is 0.414. The van der Waals surface area contributed by atoms with Crippen molar-refractivity contribution in [2.24, 2.45) is 0 Å². The number of halogens is 1. The molecule has 4 rings (SSSR count). The molecule has 0 saturated carbocycles. The molecular formula is C20H18ClN5O. The second-order valence-corrected chi connectivity index (χ2v) is 6.44. The summed E-state index contributed by atoms with van der Waals surface area (Å²) in [7, 11) is 0. The molecule has 0 aliphatic rings. The zero-order valence-electron chi connectivity index (χ0n) is 14.8. The molecular weight excluding hydrogens is 362 g/mol. The molecule has 0 bridgehead atoms. The highest BCUT2D eigenvalue weighted by atomic mass is 35.5. The largest absolute Gasteiger partial charge is 0.376 e. The van der Waals surface area contributed by atoms with E-state index < -0.39 is 0 Å². The van der Waals surface area contributed by atoms with Crippen molar-refractivity contribution in [3.8, 4) is 17.1 Å². The maximum atomic E-state index is 6.36. The highest BCUT2D eigenvalue weighted by Gasteiger charge is 2.09. The first-order valence-electron chi connectivity index (χ1n) is 8.68. The van der Waals surface area contributed by atoms with Gasteiger partial charge in [0.1, 0.15) is 0 Å². The van der Waals surface area contributed by atoms with Crippen LogP contribution in [0, 0.1) is 0 Å². The molecule has 136 valence electrons. The number of hydrogen-bond acceptors (Lipinski definition) is 5. The van der Waals surface area contributed by atoms with Gasteiger partial charge in [-0.15, -0.1) is 0 Å². The SMILES string of the molecule is CCc1ccc(-c2noc(CNc3ccc(-n4cccn4)c(Cl)c3)n2)cc1. The number of aryl methyl sites for hydroxylation is 1. The number of rotatable bonds is 6. The van der Waals surface area contributed by atoms with Crippen molar-refractivity contribution in [3.05, 3.63) is 77.4 Å². The third-order valence-electron chi connectivity index (χ3n) is 4.23. The molecule has 2 heterocycles. The zero-order chi connectivity index (χ0) is 18.6. The predicted octanol–water partition coefficient (Wildman–Crippen LogP) is 4.75. The molecule has 2 aromatic carbocycles. The molecule has 0 amide bonds. The summed E-state index contributed by atoms with van der Waals surface area (Å²) in [6, 6.07) is 15.7. The Kier molecular flexibility index (Phi) is 4.89. The van der Waals surface area contributed by atoms with E-state index in [1.165, 1.54) is 5.56 Å². The Labute approximate surface area is 161 Å². The molecule has 0 spiro atoms. The van der Waals surface area contributed by atoms with E-state index >= 15 is 0 Å². The van der Waals surface area contributed by atoms with Gasteiger partial charge in [-0.05, 0) is 36.2 Å². The van der Waals surface area contributed by atoms with E-state index in [-0.39, 0.29) is 0 Å². The van der Waals surface area contributed by atoms with Crippen LogP contribution in [-0.4, -0.2) is 19.9 Å². The number of benzene rings is 2. The summed E-state index contributed by atoms with van der Waals surface area (Å²) in [5.74, 6) is 1.10. The highest BCUT2D eigenvalue weighted by molar-refractivity contribution is 6.32. The molecule has 7 heteroatoms. The third kappa shape index (κ3) is 3.85. The van der Waals surface area contributed by atoms with Crippen LogP contribution in [0.25, 0.3) is 17.1 Å². The van der Waals surface area contributed by atoms with Crippen LogP contribution in [0.4, 0.5) is 5.69 Å². The number of aromatic nitrogens is 4. The second-order valence-electron chi connectivity index (χ2n) is 6.03. The Morgan fingerprint density at radius 2 is 2.00 bits per heavy atom. The van der Waals surface area contributed by atoms with Crippen LogP contribution in [0.2, 0.25) is 5.02 Å². The van der Waals surface area contributed by atoms with Crippen molar-refractivity contribution in [1.29, 1.82) is 0 Å². The smallest absolute Gasteiger partial charge is 0.246 e. The van der Waals surface area contributed by atoms with Crippen molar-refractivity contribution in [2.45, 2.75) is 19.9 Å². The fourth-order valence-electron chi connectivity index (χ4n) is 2.73. The van der Waals surface area contributed by atoms with Crippen LogP contribution >= 0.6 is 11.6 Å². The summed E-state index contributed by atoms with van der Waals surface area (Å²) in [6.07, 6.45) is 4.57. The highest BCUT2D eigenvalue weighted by Crippen LogP contribution is 2.24. The van der Waals surface area contributed by atoms with Gasteiger partial charge in [-0.25, -0.2) is 4.68 Å². The first-order chi connectivity index (χ1) is 13.2. The van der Waals surface area contributed by atoms with Crippen LogP contribution in [0.3, 0.4) is 0 Å². The van der Waals surface area contributed by atoms with Crippen LogP contribution in [0.15, 0.2) is 65.4 Å². The molecule has 27 heavy (non-hydrogen) atoms. The Balaban J connectivity index is 1.43. The van der Waals surface area contributed by atoms with Gasteiger partial charge in [0.2, 0.25) is 11.7 Å². The zero-order valence-corrected chi connectivity index (χ0v) is 15.5. The van der Waals surface area contributed by atoms with E-state index in [1.54, 1.807) is 10.9 Å². The normalized spacial score (nSPS) is 10.9. The second kappa shape index (κ2) is 7.63. The van der Waals surface area contributed by atoms with Gasteiger partial charge in [0, 0.05) is 23.6 Å². The number of anilines is 1. The van der Waals surface area contributed by atoms with Gasteiger partial charge in [0.05, 0.1) is 17.3 Å². The fourth-order valence-corrected chi connectivity index (χ4v) is 2.99. The minimum atomic E-state index is 0.414. The molecule has 0 aliphatic heterocycles. The Bertz CT molecular complexity index is 1020. The summed E-state index contributed by atoms with van der Waals surface area (Å²) < 4.78 is 7.06. The summed E-state index contributed by atoms with van der Waals surface area (Å²) in [4.78, 5) is 4.44. The van der Waals surface area contributed by atoms with E-state index in [1.807, 2.05) is 42.6 Å². The predicted molar refractivity (Wildman–Crippen MR) is 105 cm³/mol. The molecule has 6 nitrogen and oxygen atoms in total. The molecule has 0 unspecified atom stereocenters. The van der Waals surface area contributed by atoms with E-state index in [0.29, 0.717) is 23.3 Å². The summed E-state index contributed by atoms with van der Waals surface area (Å²) >= 11 is 6.36. The van der Waals surface area contributed by atoms with Crippen molar-refractivity contribution in [3.63, 3.8) is 0 Å². The maximum absolute atomic E-state index is 6.36. The molecule has 0 atom stereocenters. The average molecular weight is 380 g/mol. The molecule has 0 radical (unpaired) electrons. The van der Waals surface area contributed by atoms with Crippen molar-refractivity contribution in [2.75, 3.05) is 5.32 Å². The van der Waals surface area contributed by atoms with E-state index in [2.05, 4.69) is 39.6 Å². The van der Waals surface area contributed by atoms with Crippen LogP contribution in [-0.2, 0) is 13.0 Å². The summed E-state index contributed by atoms with van der Waals surface area (Å²) in [5.41, 5.74) is 3.90. The minimum Gasteiger partial charge on any atom is -0.376 e. The third-order valence-corrected chi connectivity index (χ3v) is 4.53. The van der Waals surface area contributed by atoms with Crippen molar-refractivity contribution < 1.29 is 4.52 Å². The van der Waals surface area contributed by atoms with Crippen LogP contribution < -0.4 is 5.32 Å². The molecule has 4 aromatic rings. The summed E-state index contributed by atoms with van der Waals surface area (Å²) in [5, 5.41) is 12.1. The van der Waals surface area contributed by atoms with Crippen LogP contribution in [0.5, 0.6) is 0 Å². The van der Waals surface area contributed by atoms with Gasteiger partial charge in [0.15, 0.2) is 0 Å². The van der Waals surface area contributed by atoms with Crippen molar-refractivity contribution >= 4 is 17.3 Å². The lowest BCUT2D eigenvalue weighted by Gasteiger charge is -2.08. The summed E-state index contributed by atoms with van der Waals surface area (Å²) in [6.45, 7) is 2.54. The monoisotopic (exact) mass is 379 g/mol. The number of hydrogen-bond donors (Lipinski definition) is 1. The molecule has 0 aliphatic carbocycles. The lowest BCUT2D eigenvalue weighted by Crippen LogP contribution is -2.01. The topological polar surface area (TPSA) is 68.8 Å². The van der Waals surface area contributed by atoms with Gasteiger partial charge in [-0.3, -0.25) is 0 Å². The lowest BCUT2D eigenvalue weighted by atomic mass is 10.1. The van der Waals surface area contributed by atoms with E-state index in [4.69, 9.17) is 16.1 Å².